The predicted molar refractivity (Wildman–Crippen MR) is 45.1 cm³/mol. The molecule has 0 aromatic carbocycles. The second-order valence-corrected chi connectivity index (χ2v) is 2.61. The summed E-state index contributed by atoms with van der Waals surface area (Å²) in [6, 6.07) is 0. The van der Waals surface area contributed by atoms with Crippen molar-refractivity contribution in [1.82, 2.24) is 4.98 Å². The van der Waals surface area contributed by atoms with Gasteiger partial charge in [-0.1, -0.05) is 0 Å². The number of hydrogen-bond donors (Lipinski definition) is 2. The lowest BCUT2D eigenvalue weighted by molar-refractivity contribution is 0.0695. The van der Waals surface area contributed by atoms with Crippen LogP contribution in [-0.4, -0.2) is 16.1 Å². The first kappa shape index (κ1) is 8.52. The number of carboxylic acid groups (broad SMARTS) is 1. The lowest BCUT2D eigenvalue weighted by Crippen LogP contribution is -2.05. The molecule has 1 heterocycles. The monoisotopic (exact) mass is 166 g/mol. The fraction of sp³-hybridized carbons (Fsp3) is 0.250. The Morgan fingerprint density at radius 1 is 1.50 bits per heavy atom. The number of nitrogens with zero attached hydrogens (tertiary/aromatic N) is 1. The first-order valence-electron chi connectivity index (χ1n) is 3.49. The zero-order valence-corrected chi connectivity index (χ0v) is 6.96. The molecule has 1 rings (SSSR count). The Hall–Kier alpha value is -1.58. The summed E-state index contributed by atoms with van der Waals surface area (Å²) < 4.78 is 0. The fourth-order valence-corrected chi connectivity index (χ4v) is 0.937. The van der Waals surface area contributed by atoms with E-state index in [4.69, 9.17) is 10.8 Å². The second-order valence-electron chi connectivity index (χ2n) is 2.61. The number of nitrogen functional groups attached to an aromatic ring is 1. The zero-order valence-electron chi connectivity index (χ0n) is 6.96. The number of hydrogen-bond acceptors (Lipinski definition) is 3. The molecule has 0 aliphatic heterocycles. The molecule has 12 heavy (non-hydrogen) atoms. The Balaban J connectivity index is 3.36. The summed E-state index contributed by atoms with van der Waals surface area (Å²) in [5, 5.41) is 8.70. The lowest BCUT2D eigenvalue weighted by atomic mass is 10.1. The van der Waals surface area contributed by atoms with Crippen LogP contribution in [0.1, 0.15) is 21.5 Å². The molecule has 4 heteroatoms. The molecule has 64 valence electrons. The van der Waals surface area contributed by atoms with E-state index in [1.54, 1.807) is 13.8 Å². The van der Waals surface area contributed by atoms with Crippen LogP contribution in [0.15, 0.2) is 6.20 Å². The van der Waals surface area contributed by atoms with Crippen LogP contribution in [0.3, 0.4) is 0 Å². The van der Waals surface area contributed by atoms with Crippen LogP contribution >= 0.6 is 0 Å². The van der Waals surface area contributed by atoms with E-state index in [1.807, 2.05) is 0 Å². The molecule has 0 saturated carbocycles. The molecule has 0 spiro atoms. The molecular formula is C8H10N2O2. The van der Waals surface area contributed by atoms with E-state index in [-0.39, 0.29) is 5.56 Å². The van der Waals surface area contributed by atoms with Crippen LogP contribution < -0.4 is 5.73 Å². The highest BCUT2D eigenvalue weighted by atomic mass is 16.4. The molecule has 1 aromatic rings. The number of aromatic carboxylic acids is 1. The van der Waals surface area contributed by atoms with Crippen LogP contribution in [0, 0.1) is 13.8 Å². The minimum atomic E-state index is -0.969. The van der Waals surface area contributed by atoms with Gasteiger partial charge in [0.1, 0.15) is 5.82 Å². The third kappa shape index (κ3) is 1.23. The molecule has 0 saturated heterocycles. The van der Waals surface area contributed by atoms with E-state index in [0.717, 1.165) is 5.56 Å². The summed E-state index contributed by atoms with van der Waals surface area (Å²) in [6.45, 7) is 3.47. The van der Waals surface area contributed by atoms with Gasteiger partial charge < -0.3 is 10.8 Å². The summed E-state index contributed by atoms with van der Waals surface area (Å²) >= 11 is 0. The number of anilines is 1. The van der Waals surface area contributed by atoms with Crippen molar-refractivity contribution in [3.8, 4) is 0 Å². The van der Waals surface area contributed by atoms with Crippen LogP contribution in [0.5, 0.6) is 0 Å². The smallest absolute Gasteiger partial charge is 0.337 e. The standard InChI is InChI=1S/C8H10N2O2/c1-4-5(2)7(9)10-3-6(4)8(11)12/h3H,1-2H3,(H2,9,10)(H,11,12). The first-order chi connectivity index (χ1) is 5.54. The van der Waals surface area contributed by atoms with E-state index >= 15 is 0 Å². The van der Waals surface area contributed by atoms with Gasteiger partial charge in [0.25, 0.3) is 0 Å². The molecule has 0 aliphatic rings. The van der Waals surface area contributed by atoms with Gasteiger partial charge in [0.2, 0.25) is 0 Å². The van der Waals surface area contributed by atoms with Gasteiger partial charge in [-0.05, 0) is 25.0 Å². The number of carbonyl (C=O) groups is 1. The maximum Gasteiger partial charge on any atom is 0.337 e. The molecule has 3 N–H and O–H groups in total. The van der Waals surface area contributed by atoms with Crippen molar-refractivity contribution >= 4 is 11.8 Å². The maximum atomic E-state index is 10.6. The highest BCUT2D eigenvalue weighted by Crippen LogP contribution is 2.16. The van der Waals surface area contributed by atoms with Crippen LogP contribution in [-0.2, 0) is 0 Å². The van der Waals surface area contributed by atoms with Gasteiger partial charge in [0, 0.05) is 6.20 Å². The number of aromatic nitrogens is 1. The van der Waals surface area contributed by atoms with Crippen LogP contribution in [0.2, 0.25) is 0 Å². The summed E-state index contributed by atoms with van der Waals surface area (Å²) in [5.74, 6) is -0.583. The van der Waals surface area contributed by atoms with Crippen molar-refractivity contribution in [2.24, 2.45) is 0 Å². The van der Waals surface area contributed by atoms with E-state index in [0.29, 0.717) is 11.4 Å². The van der Waals surface area contributed by atoms with Crippen molar-refractivity contribution in [3.63, 3.8) is 0 Å². The van der Waals surface area contributed by atoms with Gasteiger partial charge in [-0.25, -0.2) is 9.78 Å². The topological polar surface area (TPSA) is 76.2 Å². The van der Waals surface area contributed by atoms with Crippen LogP contribution in [0.25, 0.3) is 0 Å². The minimum absolute atomic E-state index is 0.210. The largest absolute Gasteiger partial charge is 0.478 e. The van der Waals surface area contributed by atoms with Gasteiger partial charge in [0.15, 0.2) is 0 Å². The van der Waals surface area contributed by atoms with Crippen molar-refractivity contribution in [2.45, 2.75) is 13.8 Å². The Bertz CT molecular complexity index is 334. The van der Waals surface area contributed by atoms with Crippen molar-refractivity contribution < 1.29 is 9.90 Å². The highest BCUT2D eigenvalue weighted by molar-refractivity contribution is 5.89. The van der Waals surface area contributed by atoms with E-state index in [2.05, 4.69) is 4.98 Å². The minimum Gasteiger partial charge on any atom is -0.478 e. The Morgan fingerprint density at radius 3 is 2.58 bits per heavy atom. The van der Waals surface area contributed by atoms with Gasteiger partial charge in [-0.15, -0.1) is 0 Å². The fourth-order valence-electron chi connectivity index (χ4n) is 0.937. The second kappa shape index (κ2) is 2.81. The number of nitrogens with two attached hydrogens (primary N) is 1. The average Bonchev–Trinajstić information content (AvgIpc) is 2.00. The Kier molecular flexibility index (Phi) is 1.99. The third-order valence-electron chi connectivity index (χ3n) is 1.91. The van der Waals surface area contributed by atoms with E-state index < -0.39 is 5.97 Å². The molecule has 4 nitrogen and oxygen atoms in total. The normalized spacial score (nSPS) is 9.83. The van der Waals surface area contributed by atoms with Crippen molar-refractivity contribution in [2.75, 3.05) is 5.73 Å². The number of pyridine rings is 1. The first-order valence-corrected chi connectivity index (χ1v) is 3.49. The molecule has 0 amide bonds. The van der Waals surface area contributed by atoms with Gasteiger partial charge in [-0.2, -0.15) is 0 Å². The van der Waals surface area contributed by atoms with Gasteiger partial charge >= 0.3 is 5.97 Å². The third-order valence-corrected chi connectivity index (χ3v) is 1.91. The summed E-state index contributed by atoms with van der Waals surface area (Å²) in [5.41, 5.74) is 7.10. The highest BCUT2D eigenvalue weighted by Gasteiger charge is 2.10. The molecule has 0 fully saturated rings. The Morgan fingerprint density at radius 2 is 2.08 bits per heavy atom. The zero-order chi connectivity index (χ0) is 9.30. The van der Waals surface area contributed by atoms with E-state index in [9.17, 15) is 4.79 Å². The van der Waals surface area contributed by atoms with E-state index in [1.165, 1.54) is 6.20 Å². The molecule has 0 atom stereocenters. The van der Waals surface area contributed by atoms with Gasteiger partial charge in [0.05, 0.1) is 5.56 Å². The number of carboxylic acids is 1. The van der Waals surface area contributed by atoms with Crippen molar-refractivity contribution in [3.05, 3.63) is 22.9 Å². The Labute approximate surface area is 70.0 Å². The van der Waals surface area contributed by atoms with Gasteiger partial charge in [-0.3, -0.25) is 0 Å². The van der Waals surface area contributed by atoms with Crippen LogP contribution in [0.4, 0.5) is 5.82 Å². The number of rotatable bonds is 1. The molecule has 0 aliphatic carbocycles. The summed E-state index contributed by atoms with van der Waals surface area (Å²) in [6.07, 6.45) is 1.28. The molecule has 0 radical (unpaired) electrons. The maximum absolute atomic E-state index is 10.6. The molecular weight excluding hydrogens is 156 g/mol. The molecule has 0 unspecified atom stereocenters. The lowest BCUT2D eigenvalue weighted by Gasteiger charge is -2.05. The molecule has 0 bridgehead atoms. The average molecular weight is 166 g/mol. The van der Waals surface area contributed by atoms with Crippen molar-refractivity contribution in [1.29, 1.82) is 0 Å². The quantitative estimate of drug-likeness (QED) is 0.652. The molecule has 1 aromatic heterocycles. The summed E-state index contributed by atoms with van der Waals surface area (Å²) in [7, 11) is 0. The predicted octanol–water partition coefficient (Wildman–Crippen LogP) is 0.979. The summed E-state index contributed by atoms with van der Waals surface area (Å²) in [4.78, 5) is 14.4. The SMILES string of the molecule is Cc1c(C(=O)O)cnc(N)c1C.